The second-order valence-electron chi connectivity index (χ2n) is 3.51. The van der Waals surface area contributed by atoms with E-state index in [9.17, 15) is 4.79 Å². The fourth-order valence-corrected chi connectivity index (χ4v) is 3.47. The minimum Gasteiger partial charge on any atom is -0.463 e. The van der Waals surface area contributed by atoms with Crippen LogP contribution in [0.1, 0.15) is 26.2 Å². The molecule has 1 heterocycles. The normalized spacial score (nSPS) is 31.3. The maximum atomic E-state index is 11.5. The van der Waals surface area contributed by atoms with Crippen molar-refractivity contribution >= 4 is 17.7 Å². The lowest BCUT2D eigenvalue weighted by Crippen LogP contribution is -2.16. The van der Waals surface area contributed by atoms with E-state index in [2.05, 4.69) is 0 Å². The number of hydrogen-bond acceptors (Lipinski definition) is 3. The van der Waals surface area contributed by atoms with Crippen molar-refractivity contribution < 1.29 is 9.53 Å². The summed E-state index contributed by atoms with van der Waals surface area (Å²) < 4.78 is 5.01. The van der Waals surface area contributed by atoms with Crippen LogP contribution in [0, 0.1) is 5.92 Å². The first-order valence-electron chi connectivity index (χ1n) is 4.85. The third-order valence-electron chi connectivity index (χ3n) is 2.73. The van der Waals surface area contributed by atoms with Crippen LogP contribution < -0.4 is 0 Å². The predicted octanol–water partition coefficient (Wildman–Crippen LogP) is 2.35. The Hall–Kier alpha value is -0.440. The van der Waals surface area contributed by atoms with Crippen molar-refractivity contribution in [2.24, 2.45) is 5.92 Å². The Morgan fingerprint density at radius 3 is 3.31 bits per heavy atom. The number of carbonyl (C=O) groups is 1. The minimum atomic E-state index is -0.0931. The summed E-state index contributed by atoms with van der Waals surface area (Å²) in [5, 5.41) is 2.67. The molecular formula is C10H14O2S. The summed E-state index contributed by atoms with van der Waals surface area (Å²) in [4.78, 5) is 11.5. The van der Waals surface area contributed by atoms with Gasteiger partial charge in [0.15, 0.2) is 0 Å². The Labute approximate surface area is 82.7 Å². The molecule has 1 aliphatic heterocycles. The highest BCUT2D eigenvalue weighted by atomic mass is 32.2. The van der Waals surface area contributed by atoms with Gasteiger partial charge in [0, 0.05) is 16.7 Å². The van der Waals surface area contributed by atoms with Gasteiger partial charge >= 0.3 is 5.97 Å². The van der Waals surface area contributed by atoms with Crippen LogP contribution in [0.3, 0.4) is 0 Å². The number of fused-ring (bicyclic) bond motifs is 1. The molecule has 13 heavy (non-hydrogen) atoms. The Kier molecular flexibility index (Phi) is 2.63. The second kappa shape index (κ2) is 3.74. The van der Waals surface area contributed by atoms with E-state index in [1.54, 1.807) is 0 Å². The van der Waals surface area contributed by atoms with Crippen LogP contribution in [0.15, 0.2) is 11.0 Å². The summed E-state index contributed by atoms with van der Waals surface area (Å²) in [6.45, 7) is 2.34. The lowest BCUT2D eigenvalue weighted by molar-refractivity contribution is -0.139. The third kappa shape index (κ3) is 1.62. The molecule has 0 spiro atoms. The minimum absolute atomic E-state index is 0.0931. The molecule has 0 amide bonds. The Morgan fingerprint density at radius 2 is 2.54 bits per heavy atom. The van der Waals surface area contributed by atoms with E-state index in [-0.39, 0.29) is 5.97 Å². The summed E-state index contributed by atoms with van der Waals surface area (Å²) in [5.74, 6) is 0.397. The number of carbonyl (C=O) groups excluding carboxylic acids is 1. The first-order valence-corrected chi connectivity index (χ1v) is 5.80. The summed E-state index contributed by atoms with van der Waals surface area (Å²) in [6, 6.07) is 0. The zero-order chi connectivity index (χ0) is 9.26. The number of hydrogen-bond donors (Lipinski definition) is 0. The zero-order valence-corrected chi connectivity index (χ0v) is 8.60. The molecule has 0 aromatic rings. The first-order chi connectivity index (χ1) is 6.33. The van der Waals surface area contributed by atoms with Crippen molar-refractivity contribution in [2.45, 2.75) is 31.4 Å². The smallest absolute Gasteiger partial charge is 0.334 e. The van der Waals surface area contributed by atoms with E-state index >= 15 is 0 Å². The lowest BCUT2D eigenvalue weighted by Gasteiger charge is -2.11. The van der Waals surface area contributed by atoms with Crippen LogP contribution >= 0.6 is 11.8 Å². The Morgan fingerprint density at radius 1 is 1.69 bits per heavy atom. The highest BCUT2D eigenvalue weighted by molar-refractivity contribution is 8.03. The van der Waals surface area contributed by atoms with Crippen LogP contribution in [-0.4, -0.2) is 17.8 Å². The molecule has 0 bridgehead atoms. The highest BCUT2D eigenvalue weighted by Gasteiger charge is 2.37. The van der Waals surface area contributed by atoms with Crippen molar-refractivity contribution in [3.63, 3.8) is 0 Å². The van der Waals surface area contributed by atoms with Gasteiger partial charge in [-0.2, -0.15) is 0 Å². The Balaban J connectivity index is 2.03. The maximum absolute atomic E-state index is 11.5. The molecule has 2 unspecified atom stereocenters. The average molecular weight is 198 g/mol. The molecule has 0 aromatic heterocycles. The van der Waals surface area contributed by atoms with Crippen LogP contribution in [-0.2, 0) is 9.53 Å². The van der Waals surface area contributed by atoms with Crippen molar-refractivity contribution in [3.05, 3.63) is 11.0 Å². The molecule has 3 heteroatoms. The second-order valence-corrected chi connectivity index (χ2v) is 4.62. The number of esters is 1. The van der Waals surface area contributed by atoms with Crippen molar-refractivity contribution in [2.75, 3.05) is 6.61 Å². The van der Waals surface area contributed by atoms with E-state index < -0.39 is 0 Å². The standard InChI is InChI=1S/C10H14O2S/c1-2-12-10(11)8-6-13-9-5-3-4-7(8)9/h6-7,9H,2-5H2,1H3. The quantitative estimate of drug-likeness (QED) is 0.637. The number of ether oxygens (including phenoxy) is 1. The van der Waals surface area contributed by atoms with E-state index in [0.717, 1.165) is 5.57 Å². The molecule has 2 aliphatic rings. The highest BCUT2D eigenvalue weighted by Crippen LogP contribution is 2.46. The third-order valence-corrected chi connectivity index (χ3v) is 4.04. The van der Waals surface area contributed by atoms with Gasteiger partial charge in [0.1, 0.15) is 0 Å². The van der Waals surface area contributed by atoms with Crippen LogP contribution in [0.2, 0.25) is 0 Å². The molecule has 0 saturated heterocycles. The van der Waals surface area contributed by atoms with Gasteiger partial charge in [0.05, 0.1) is 6.61 Å². The molecule has 1 saturated carbocycles. The van der Waals surface area contributed by atoms with Crippen LogP contribution in [0.4, 0.5) is 0 Å². The van der Waals surface area contributed by atoms with Gasteiger partial charge in [-0.3, -0.25) is 0 Å². The molecule has 0 N–H and O–H groups in total. The predicted molar refractivity (Wildman–Crippen MR) is 53.4 cm³/mol. The van der Waals surface area contributed by atoms with Crippen molar-refractivity contribution in [3.8, 4) is 0 Å². The van der Waals surface area contributed by atoms with Gasteiger partial charge in [-0.05, 0) is 25.2 Å². The van der Waals surface area contributed by atoms with E-state index in [4.69, 9.17) is 4.74 Å². The fraction of sp³-hybridized carbons (Fsp3) is 0.700. The lowest BCUT2D eigenvalue weighted by atomic mass is 9.99. The Bertz CT molecular complexity index is 247. The van der Waals surface area contributed by atoms with Gasteiger partial charge in [-0.15, -0.1) is 11.8 Å². The summed E-state index contributed by atoms with van der Waals surface area (Å²) >= 11 is 1.81. The number of rotatable bonds is 2. The molecule has 2 rings (SSSR count). The zero-order valence-electron chi connectivity index (χ0n) is 7.79. The molecular weight excluding hydrogens is 184 g/mol. The van der Waals surface area contributed by atoms with Gasteiger partial charge < -0.3 is 4.74 Å². The largest absolute Gasteiger partial charge is 0.463 e. The fourth-order valence-electron chi connectivity index (χ4n) is 2.11. The first kappa shape index (κ1) is 9.13. The summed E-state index contributed by atoms with van der Waals surface area (Å²) in [7, 11) is 0. The van der Waals surface area contributed by atoms with Gasteiger partial charge in [0.2, 0.25) is 0 Å². The van der Waals surface area contributed by atoms with Crippen molar-refractivity contribution in [1.29, 1.82) is 0 Å². The van der Waals surface area contributed by atoms with Crippen LogP contribution in [0.5, 0.6) is 0 Å². The van der Waals surface area contributed by atoms with E-state index in [1.807, 2.05) is 24.1 Å². The monoisotopic (exact) mass is 198 g/mol. The molecule has 2 nitrogen and oxygen atoms in total. The summed E-state index contributed by atoms with van der Waals surface area (Å²) in [6.07, 6.45) is 3.69. The van der Waals surface area contributed by atoms with Crippen LogP contribution in [0.25, 0.3) is 0 Å². The van der Waals surface area contributed by atoms with Gasteiger partial charge in [-0.25, -0.2) is 4.79 Å². The molecule has 1 fully saturated rings. The number of thioether (sulfide) groups is 1. The van der Waals surface area contributed by atoms with E-state index in [0.29, 0.717) is 17.8 Å². The molecule has 2 atom stereocenters. The van der Waals surface area contributed by atoms with Gasteiger partial charge in [0.25, 0.3) is 0 Å². The average Bonchev–Trinajstić information content (AvgIpc) is 2.62. The molecule has 1 aliphatic carbocycles. The molecule has 0 aromatic carbocycles. The molecule has 72 valence electrons. The van der Waals surface area contributed by atoms with E-state index in [1.165, 1.54) is 19.3 Å². The van der Waals surface area contributed by atoms with Crippen molar-refractivity contribution in [1.82, 2.24) is 0 Å². The van der Waals surface area contributed by atoms with Gasteiger partial charge in [-0.1, -0.05) is 6.42 Å². The maximum Gasteiger partial charge on any atom is 0.334 e. The summed E-state index contributed by atoms with van der Waals surface area (Å²) in [5.41, 5.74) is 0.925. The topological polar surface area (TPSA) is 26.3 Å². The molecule has 0 radical (unpaired) electrons. The SMILES string of the molecule is CCOC(=O)C1=CSC2CCCC12.